The van der Waals surface area contributed by atoms with Crippen LogP contribution in [-0.4, -0.2) is 33.3 Å². The molecule has 0 aromatic carbocycles. The molecule has 1 aliphatic rings. The summed E-state index contributed by atoms with van der Waals surface area (Å²) in [6.07, 6.45) is 7.73. The standard InChI is InChI=1S/C14H26N4O/c1-14(2,15-3)13-10-18(17-16-13)9-12(19)11-7-5-4-6-8-11/h10-12,15,19H,4-9H2,1-3H3. The van der Waals surface area contributed by atoms with E-state index in [4.69, 9.17) is 0 Å². The van der Waals surface area contributed by atoms with Crippen molar-refractivity contribution in [2.24, 2.45) is 5.92 Å². The lowest BCUT2D eigenvalue weighted by molar-refractivity contribution is 0.0660. The number of rotatable bonds is 5. The van der Waals surface area contributed by atoms with E-state index < -0.39 is 0 Å². The SMILES string of the molecule is CNC(C)(C)c1cn(CC(O)C2CCCCC2)nn1. The van der Waals surface area contributed by atoms with Crippen LogP contribution >= 0.6 is 0 Å². The summed E-state index contributed by atoms with van der Waals surface area (Å²) in [4.78, 5) is 0. The summed E-state index contributed by atoms with van der Waals surface area (Å²) < 4.78 is 1.77. The molecule has 0 radical (unpaired) electrons. The first-order valence-electron chi connectivity index (χ1n) is 7.30. The molecule has 0 amide bonds. The Balaban J connectivity index is 1.95. The first-order chi connectivity index (χ1) is 9.03. The van der Waals surface area contributed by atoms with Gasteiger partial charge in [-0.3, -0.25) is 0 Å². The van der Waals surface area contributed by atoms with Gasteiger partial charge in [-0.1, -0.05) is 24.5 Å². The molecule has 1 aromatic rings. The van der Waals surface area contributed by atoms with Gasteiger partial charge in [0.15, 0.2) is 0 Å². The zero-order chi connectivity index (χ0) is 13.9. The Morgan fingerprint density at radius 3 is 2.74 bits per heavy atom. The molecular weight excluding hydrogens is 240 g/mol. The van der Waals surface area contributed by atoms with Crippen LogP contribution in [0, 0.1) is 5.92 Å². The molecule has 108 valence electrons. The smallest absolute Gasteiger partial charge is 0.102 e. The largest absolute Gasteiger partial charge is 0.391 e. The van der Waals surface area contributed by atoms with E-state index in [2.05, 4.69) is 29.5 Å². The molecule has 5 nitrogen and oxygen atoms in total. The lowest BCUT2D eigenvalue weighted by Gasteiger charge is -2.26. The Morgan fingerprint density at radius 2 is 2.11 bits per heavy atom. The second-order valence-electron chi connectivity index (χ2n) is 6.17. The molecule has 1 saturated carbocycles. The quantitative estimate of drug-likeness (QED) is 0.851. The Hall–Kier alpha value is -0.940. The molecule has 0 aliphatic heterocycles. The van der Waals surface area contributed by atoms with Crippen LogP contribution in [0.5, 0.6) is 0 Å². The third-order valence-electron chi connectivity index (χ3n) is 4.37. The molecule has 1 heterocycles. The van der Waals surface area contributed by atoms with Crippen molar-refractivity contribution in [1.82, 2.24) is 20.3 Å². The summed E-state index contributed by atoms with van der Waals surface area (Å²) in [5.41, 5.74) is 0.722. The molecule has 1 unspecified atom stereocenters. The molecule has 1 atom stereocenters. The van der Waals surface area contributed by atoms with E-state index >= 15 is 0 Å². The van der Waals surface area contributed by atoms with Gasteiger partial charge in [0.1, 0.15) is 5.69 Å². The van der Waals surface area contributed by atoms with E-state index in [0.717, 1.165) is 18.5 Å². The Kier molecular flexibility index (Phi) is 4.58. The molecule has 5 heteroatoms. The average molecular weight is 266 g/mol. The first kappa shape index (κ1) is 14.5. The van der Waals surface area contributed by atoms with Crippen LogP contribution in [0.15, 0.2) is 6.20 Å². The number of nitrogens with one attached hydrogen (secondary N) is 1. The highest BCUT2D eigenvalue weighted by molar-refractivity contribution is 5.06. The van der Waals surface area contributed by atoms with Gasteiger partial charge >= 0.3 is 0 Å². The second kappa shape index (κ2) is 6.01. The van der Waals surface area contributed by atoms with Crippen molar-refractivity contribution in [3.63, 3.8) is 0 Å². The van der Waals surface area contributed by atoms with Crippen LogP contribution in [0.3, 0.4) is 0 Å². The monoisotopic (exact) mass is 266 g/mol. The predicted octanol–water partition coefficient (Wildman–Crippen LogP) is 1.67. The van der Waals surface area contributed by atoms with E-state index in [0.29, 0.717) is 12.5 Å². The van der Waals surface area contributed by atoms with Crippen LogP contribution in [0.1, 0.15) is 51.6 Å². The van der Waals surface area contributed by atoms with Crippen molar-refractivity contribution in [2.45, 2.75) is 64.1 Å². The molecule has 1 fully saturated rings. The maximum absolute atomic E-state index is 10.3. The first-order valence-corrected chi connectivity index (χ1v) is 7.30. The van der Waals surface area contributed by atoms with Crippen molar-refractivity contribution < 1.29 is 5.11 Å². The third-order valence-corrected chi connectivity index (χ3v) is 4.37. The minimum atomic E-state index is -0.299. The van der Waals surface area contributed by atoms with Crippen molar-refractivity contribution in [2.75, 3.05) is 7.05 Å². The molecule has 2 N–H and O–H groups in total. The van der Waals surface area contributed by atoms with Gasteiger partial charge in [-0.05, 0) is 39.7 Å². The zero-order valence-corrected chi connectivity index (χ0v) is 12.3. The van der Waals surface area contributed by atoms with Crippen molar-refractivity contribution >= 4 is 0 Å². The van der Waals surface area contributed by atoms with Gasteiger partial charge in [0.25, 0.3) is 0 Å². The highest BCUT2D eigenvalue weighted by Crippen LogP contribution is 2.27. The number of hydrogen-bond donors (Lipinski definition) is 2. The van der Waals surface area contributed by atoms with Crippen molar-refractivity contribution in [3.8, 4) is 0 Å². The lowest BCUT2D eigenvalue weighted by atomic mass is 9.85. The van der Waals surface area contributed by atoms with E-state index in [1.807, 2.05) is 13.2 Å². The van der Waals surface area contributed by atoms with Crippen LogP contribution in [-0.2, 0) is 12.1 Å². The van der Waals surface area contributed by atoms with E-state index in [1.54, 1.807) is 4.68 Å². The highest BCUT2D eigenvalue weighted by atomic mass is 16.3. The van der Waals surface area contributed by atoms with E-state index in [-0.39, 0.29) is 11.6 Å². The predicted molar refractivity (Wildman–Crippen MR) is 74.7 cm³/mol. The molecule has 0 saturated heterocycles. The maximum Gasteiger partial charge on any atom is 0.102 e. The second-order valence-corrected chi connectivity index (χ2v) is 6.17. The van der Waals surface area contributed by atoms with Gasteiger partial charge in [0, 0.05) is 0 Å². The topological polar surface area (TPSA) is 63.0 Å². The van der Waals surface area contributed by atoms with Gasteiger partial charge < -0.3 is 10.4 Å². The minimum Gasteiger partial charge on any atom is -0.391 e. The van der Waals surface area contributed by atoms with Crippen LogP contribution in [0.25, 0.3) is 0 Å². The molecule has 0 spiro atoms. The zero-order valence-electron chi connectivity index (χ0n) is 12.3. The molecule has 1 aliphatic carbocycles. The number of aliphatic hydroxyl groups is 1. The maximum atomic E-state index is 10.3. The van der Waals surface area contributed by atoms with Crippen molar-refractivity contribution in [1.29, 1.82) is 0 Å². The van der Waals surface area contributed by atoms with Gasteiger partial charge in [-0.15, -0.1) is 5.10 Å². The normalized spacial score (nSPS) is 19.6. The van der Waals surface area contributed by atoms with Gasteiger partial charge in [-0.2, -0.15) is 0 Å². The van der Waals surface area contributed by atoms with Gasteiger partial charge in [0.2, 0.25) is 0 Å². The number of aromatic nitrogens is 3. The summed E-state index contributed by atoms with van der Waals surface area (Å²) in [6, 6.07) is 0. The number of hydrogen-bond acceptors (Lipinski definition) is 4. The Morgan fingerprint density at radius 1 is 1.42 bits per heavy atom. The molecule has 0 bridgehead atoms. The van der Waals surface area contributed by atoms with E-state index in [9.17, 15) is 5.11 Å². The summed E-state index contributed by atoms with van der Waals surface area (Å²) in [7, 11) is 1.91. The molecule has 2 rings (SSSR count). The van der Waals surface area contributed by atoms with Crippen LogP contribution in [0.2, 0.25) is 0 Å². The number of aliphatic hydroxyl groups excluding tert-OH is 1. The number of nitrogens with zero attached hydrogens (tertiary/aromatic N) is 3. The fourth-order valence-electron chi connectivity index (χ4n) is 2.66. The summed E-state index contributed by atoms with van der Waals surface area (Å²) in [5.74, 6) is 0.429. The van der Waals surface area contributed by atoms with Gasteiger partial charge in [0.05, 0.1) is 24.4 Å². The highest BCUT2D eigenvalue weighted by Gasteiger charge is 2.25. The summed E-state index contributed by atoms with van der Waals surface area (Å²) >= 11 is 0. The molecular formula is C14H26N4O. The van der Waals surface area contributed by atoms with Crippen molar-refractivity contribution in [3.05, 3.63) is 11.9 Å². The third kappa shape index (κ3) is 3.54. The fourth-order valence-corrected chi connectivity index (χ4v) is 2.66. The Bertz CT molecular complexity index is 396. The van der Waals surface area contributed by atoms with Crippen LogP contribution < -0.4 is 5.32 Å². The summed E-state index contributed by atoms with van der Waals surface area (Å²) in [5, 5.41) is 21.8. The summed E-state index contributed by atoms with van der Waals surface area (Å²) in [6.45, 7) is 4.69. The molecule has 1 aromatic heterocycles. The minimum absolute atomic E-state index is 0.186. The lowest BCUT2D eigenvalue weighted by Crippen LogP contribution is -2.33. The molecule has 19 heavy (non-hydrogen) atoms. The Labute approximate surface area is 115 Å². The van der Waals surface area contributed by atoms with Gasteiger partial charge in [-0.25, -0.2) is 4.68 Å². The van der Waals surface area contributed by atoms with Crippen LogP contribution in [0.4, 0.5) is 0 Å². The van der Waals surface area contributed by atoms with E-state index in [1.165, 1.54) is 19.3 Å². The average Bonchev–Trinajstić information content (AvgIpc) is 2.89. The fraction of sp³-hybridized carbons (Fsp3) is 0.857.